The third-order valence-electron chi connectivity index (χ3n) is 5.74. The maximum atomic E-state index is 13.0. The molecule has 0 bridgehead atoms. The molecule has 0 spiro atoms. The average molecular weight is 466 g/mol. The third kappa shape index (κ3) is 4.54. The number of nitriles is 1. The molecule has 9 heteroatoms. The van der Waals surface area contributed by atoms with Crippen LogP contribution in [0.15, 0.2) is 78.4 Å². The second-order valence-corrected chi connectivity index (χ2v) is 7.83. The summed E-state index contributed by atoms with van der Waals surface area (Å²) in [7, 11) is 0. The molecule has 9 nitrogen and oxygen atoms in total. The lowest BCUT2D eigenvalue weighted by Crippen LogP contribution is -2.04. The van der Waals surface area contributed by atoms with E-state index in [1.807, 2.05) is 41.8 Å². The Morgan fingerprint density at radius 2 is 1.66 bits per heavy atom. The largest absolute Gasteiger partial charge is 0.340 e. The molecule has 1 aromatic heterocycles. The Hall–Kier alpha value is -5.10. The first-order valence-electron chi connectivity index (χ1n) is 10.5. The Bertz CT molecular complexity index is 1560. The lowest BCUT2D eigenvalue weighted by Gasteiger charge is -2.09. The van der Waals surface area contributed by atoms with E-state index >= 15 is 0 Å². The lowest BCUT2D eigenvalue weighted by molar-refractivity contribution is -0.385. The molecule has 0 atom stereocenters. The van der Waals surface area contributed by atoms with Crippen LogP contribution in [0, 0.1) is 38.5 Å². The molecule has 172 valence electrons. The van der Waals surface area contributed by atoms with Gasteiger partial charge < -0.3 is 4.57 Å². The normalized spacial score (nSPS) is 11.3. The summed E-state index contributed by atoms with van der Waals surface area (Å²) in [6.45, 7) is 2.29. The number of nitrogens with zero attached hydrogens (tertiary/aromatic N) is 4. The topological polar surface area (TPSA) is 132 Å². The number of para-hydroxylation sites is 1. The molecule has 0 N–H and O–H groups in total. The maximum absolute atomic E-state index is 13.0. The van der Waals surface area contributed by atoms with Gasteiger partial charge in [0.1, 0.15) is 11.6 Å². The van der Waals surface area contributed by atoms with Gasteiger partial charge in [-0.1, -0.05) is 42.5 Å². The SMILES string of the molecule is Cc1c(/C=C(\C#N)C(=O)c2cccc([N+](=O)[O-])c2)c2ccccc2n1Cc1ccc([N+](=O)[O-])cc1. The molecule has 35 heavy (non-hydrogen) atoms. The van der Waals surface area contributed by atoms with Gasteiger partial charge in [0.25, 0.3) is 11.4 Å². The van der Waals surface area contributed by atoms with E-state index in [1.165, 1.54) is 36.4 Å². The van der Waals surface area contributed by atoms with Crippen LogP contribution in [0.25, 0.3) is 17.0 Å². The highest BCUT2D eigenvalue weighted by Gasteiger charge is 2.19. The van der Waals surface area contributed by atoms with Gasteiger partial charge in [-0.15, -0.1) is 0 Å². The summed E-state index contributed by atoms with van der Waals surface area (Å²) in [4.78, 5) is 34.0. The summed E-state index contributed by atoms with van der Waals surface area (Å²) in [5, 5.41) is 32.6. The van der Waals surface area contributed by atoms with Crippen molar-refractivity contribution in [2.75, 3.05) is 0 Å². The minimum Gasteiger partial charge on any atom is -0.340 e. The highest BCUT2D eigenvalue weighted by molar-refractivity contribution is 6.15. The molecule has 0 unspecified atom stereocenters. The van der Waals surface area contributed by atoms with Crippen molar-refractivity contribution in [2.45, 2.75) is 13.5 Å². The number of carbonyl (C=O) groups is 1. The van der Waals surface area contributed by atoms with Gasteiger partial charge in [-0.3, -0.25) is 25.0 Å². The van der Waals surface area contributed by atoms with E-state index in [0.29, 0.717) is 12.1 Å². The molecule has 0 aliphatic heterocycles. The first-order valence-corrected chi connectivity index (χ1v) is 10.5. The zero-order valence-electron chi connectivity index (χ0n) is 18.5. The summed E-state index contributed by atoms with van der Waals surface area (Å²) in [6.07, 6.45) is 1.51. The Balaban J connectivity index is 1.77. The predicted molar refractivity (Wildman–Crippen MR) is 130 cm³/mol. The predicted octanol–water partition coefficient (Wildman–Crippen LogP) is 5.60. The molecule has 0 saturated heterocycles. The van der Waals surface area contributed by atoms with Gasteiger partial charge in [0.2, 0.25) is 5.78 Å². The molecular formula is C26H18N4O5. The van der Waals surface area contributed by atoms with E-state index in [1.54, 1.807) is 12.1 Å². The highest BCUT2D eigenvalue weighted by Crippen LogP contribution is 2.30. The van der Waals surface area contributed by atoms with Crippen molar-refractivity contribution in [3.63, 3.8) is 0 Å². The first kappa shape index (κ1) is 23.1. The standard InChI is InChI=1S/C26H18N4O5/c1-17-24(14-20(15-27)26(31)19-5-4-6-22(13-19)30(34)35)23-7-2-3-8-25(23)28(17)16-18-9-11-21(12-10-18)29(32)33/h2-14H,16H2,1H3/b20-14+. The number of Topliss-reactive ketones (excluding diaryl/α,β-unsaturated/α-hetero) is 1. The van der Waals surface area contributed by atoms with E-state index in [-0.39, 0.29) is 22.5 Å². The van der Waals surface area contributed by atoms with Crippen molar-refractivity contribution < 1.29 is 14.6 Å². The number of aromatic nitrogens is 1. The molecule has 4 rings (SSSR count). The molecule has 4 aromatic rings. The summed E-state index contributed by atoms with van der Waals surface area (Å²) < 4.78 is 2.01. The van der Waals surface area contributed by atoms with E-state index in [9.17, 15) is 30.3 Å². The number of non-ortho nitro benzene ring substituents is 2. The maximum Gasteiger partial charge on any atom is 0.270 e. The van der Waals surface area contributed by atoms with E-state index in [0.717, 1.165) is 28.2 Å². The van der Waals surface area contributed by atoms with Crippen LogP contribution >= 0.6 is 0 Å². The van der Waals surface area contributed by atoms with Gasteiger partial charge in [0.15, 0.2) is 0 Å². The number of nitro benzene ring substituents is 2. The molecule has 0 aliphatic carbocycles. The number of carbonyl (C=O) groups excluding carboxylic acids is 1. The molecule has 1 heterocycles. The molecule has 3 aromatic carbocycles. The average Bonchev–Trinajstić information content (AvgIpc) is 3.13. The number of hydrogen-bond donors (Lipinski definition) is 0. The van der Waals surface area contributed by atoms with Crippen LogP contribution in [0.2, 0.25) is 0 Å². The van der Waals surface area contributed by atoms with Crippen LogP contribution in [-0.4, -0.2) is 20.2 Å². The van der Waals surface area contributed by atoms with Crippen molar-refractivity contribution in [3.05, 3.63) is 121 Å². The zero-order chi connectivity index (χ0) is 25.1. The van der Waals surface area contributed by atoms with Gasteiger partial charge in [-0.25, -0.2) is 0 Å². The fraction of sp³-hybridized carbons (Fsp3) is 0.0769. The minimum atomic E-state index is -0.609. The number of allylic oxidation sites excluding steroid dienone is 1. The van der Waals surface area contributed by atoms with Gasteiger partial charge >= 0.3 is 0 Å². The summed E-state index contributed by atoms with van der Waals surface area (Å²) >= 11 is 0. The Labute approximate surface area is 199 Å². The Morgan fingerprint density at radius 3 is 2.31 bits per heavy atom. The number of benzene rings is 3. The number of fused-ring (bicyclic) bond motifs is 1. The van der Waals surface area contributed by atoms with Crippen LogP contribution in [0.1, 0.15) is 27.2 Å². The number of ketones is 1. The smallest absolute Gasteiger partial charge is 0.270 e. The van der Waals surface area contributed by atoms with Crippen molar-refractivity contribution in [1.29, 1.82) is 5.26 Å². The summed E-state index contributed by atoms with van der Waals surface area (Å²) in [6, 6.07) is 21.0. The Kier molecular flexibility index (Phi) is 6.20. The van der Waals surface area contributed by atoms with Crippen LogP contribution < -0.4 is 0 Å². The molecule has 0 saturated carbocycles. The first-order chi connectivity index (χ1) is 16.8. The monoisotopic (exact) mass is 466 g/mol. The highest BCUT2D eigenvalue weighted by atomic mass is 16.6. The Morgan fingerprint density at radius 1 is 0.971 bits per heavy atom. The minimum absolute atomic E-state index is 0.00443. The lowest BCUT2D eigenvalue weighted by atomic mass is 10.0. The van der Waals surface area contributed by atoms with Crippen LogP contribution in [0.3, 0.4) is 0 Å². The van der Waals surface area contributed by atoms with Gasteiger partial charge in [0.05, 0.1) is 9.85 Å². The van der Waals surface area contributed by atoms with Crippen molar-refractivity contribution in [2.24, 2.45) is 0 Å². The molecule has 0 fully saturated rings. The molecule has 0 radical (unpaired) electrons. The molecule has 0 aliphatic rings. The number of nitro groups is 2. The van der Waals surface area contributed by atoms with Crippen LogP contribution in [-0.2, 0) is 6.54 Å². The summed E-state index contributed by atoms with van der Waals surface area (Å²) in [5.41, 5.74) is 2.87. The second kappa shape index (κ2) is 9.41. The molecular weight excluding hydrogens is 448 g/mol. The fourth-order valence-electron chi connectivity index (χ4n) is 3.96. The van der Waals surface area contributed by atoms with Gasteiger partial charge in [-0.2, -0.15) is 5.26 Å². The van der Waals surface area contributed by atoms with Crippen molar-refractivity contribution in [1.82, 2.24) is 4.57 Å². The number of hydrogen-bond acceptors (Lipinski definition) is 6. The second-order valence-electron chi connectivity index (χ2n) is 7.83. The van der Waals surface area contributed by atoms with E-state index in [2.05, 4.69) is 0 Å². The quantitative estimate of drug-likeness (QED) is 0.114. The van der Waals surface area contributed by atoms with E-state index < -0.39 is 15.6 Å². The van der Waals surface area contributed by atoms with Crippen molar-refractivity contribution in [3.8, 4) is 6.07 Å². The number of rotatable bonds is 7. The third-order valence-corrected chi connectivity index (χ3v) is 5.74. The van der Waals surface area contributed by atoms with E-state index in [4.69, 9.17) is 0 Å². The van der Waals surface area contributed by atoms with Crippen molar-refractivity contribution >= 4 is 34.1 Å². The van der Waals surface area contributed by atoms with Gasteiger partial charge in [-0.05, 0) is 24.6 Å². The van der Waals surface area contributed by atoms with Gasteiger partial charge in [0, 0.05) is 58.5 Å². The van der Waals surface area contributed by atoms with Crippen LogP contribution in [0.4, 0.5) is 11.4 Å². The summed E-state index contributed by atoms with van der Waals surface area (Å²) in [5.74, 6) is -0.609. The fourth-order valence-corrected chi connectivity index (χ4v) is 3.96. The zero-order valence-corrected chi connectivity index (χ0v) is 18.5. The van der Waals surface area contributed by atoms with Crippen LogP contribution in [0.5, 0.6) is 0 Å². The molecule has 0 amide bonds.